The van der Waals surface area contributed by atoms with Crippen molar-refractivity contribution < 1.29 is 14.6 Å². The van der Waals surface area contributed by atoms with Crippen LogP contribution in [0.4, 0.5) is 4.39 Å². The summed E-state index contributed by atoms with van der Waals surface area (Å²) >= 11 is 5.82. The quantitative estimate of drug-likeness (QED) is 0.884. The fraction of sp³-hybridized carbons (Fsp3) is 0.538. The van der Waals surface area contributed by atoms with E-state index < -0.39 is 17.9 Å². The van der Waals surface area contributed by atoms with Crippen LogP contribution >= 0.6 is 11.6 Å². The van der Waals surface area contributed by atoms with Gasteiger partial charge in [0.1, 0.15) is 6.17 Å². The largest absolute Gasteiger partial charge is 0.847 e. The molecule has 0 aromatic heterocycles. The minimum Gasteiger partial charge on any atom is -0.847 e. The summed E-state index contributed by atoms with van der Waals surface area (Å²) < 4.78 is 13.0. The van der Waals surface area contributed by atoms with Crippen LogP contribution in [0.15, 0.2) is 24.3 Å². The van der Waals surface area contributed by atoms with Gasteiger partial charge in [0.05, 0.1) is 6.10 Å². The molecule has 2 rings (SSSR count). The van der Waals surface area contributed by atoms with E-state index in [1.807, 2.05) is 0 Å². The Labute approximate surface area is 105 Å². The third-order valence-electron chi connectivity index (χ3n) is 3.42. The Bertz CT molecular complexity index is 389. The second-order valence-electron chi connectivity index (χ2n) is 4.70. The van der Waals surface area contributed by atoms with Crippen LogP contribution in [-0.2, 0) is 0 Å². The van der Waals surface area contributed by atoms with Gasteiger partial charge in [0.25, 0.3) is 0 Å². The summed E-state index contributed by atoms with van der Waals surface area (Å²) in [5, 5.41) is 23.0. The Morgan fingerprint density at radius 3 is 2.65 bits per heavy atom. The standard InChI is InChI=1S/C13H15ClFO2/c14-10-3-1-2-9(8-10)12(16)13(17)6-4-11(15)5-7-13/h1-3,8,11-12,16H,4-7H2/q-1/t11?,12-,13?/m0/s1. The molecule has 17 heavy (non-hydrogen) atoms. The fourth-order valence-corrected chi connectivity index (χ4v) is 2.52. The van der Waals surface area contributed by atoms with E-state index in [0.29, 0.717) is 10.6 Å². The summed E-state index contributed by atoms with van der Waals surface area (Å²) in [7, 11) is 0. The molecule has 1 aliphatic carbocycles. The van der Waals surface area contributed by atoms with Crippen LogP contribution in [-0.4, -0.2) is 16.9 Å². The maximum absolute atomic E-state index is 13.0. The van der Waals surface area contributed by atoms with Gasteiger partial charge in [-0.1, -0.05) is 42.2 Å². The van der Waals surface area contributed by atoms with Gasteiger partial charge in [-0.2, -0.15) is 0 Å². The van der Waals surface area contributed by atoms with Crippen molar-refractivity contribution in [1.29, 1.82) is 0 Å². The Morgan fingerprint density at radius 2 is 2.06 bits per heavy atom. The predicted molar refractivity (Wildman–Crippen MR) is 62.5 cm³/mol. The molecule has 1 fully saturated rings. The first-order chi connectivity index (χ1) is 8.01. The highest BCUT2D eigenvalue weighted by molar-refractivity contribution is 6.30. The smallest absolute Gasteiger partial charge is 0.100 e. The topological polar surface area (TPSA) is 43.3 Å². The monoisotopic (exact) mass is 257 g/mol. The molecule has 1 atom stereocenters. The molecule has 0 saturated heterocycles. The van der Waals surface area contributed by atoms with Crippen LogP contribution in [0.5, 0.6) is 0 Å². The van der Waals surface area contributed by atoms with Crippen LogP contribution < -0.4 is 5.11 Å². The lowest BCUT2D eigenvalue weighted by molar-refractivity contribution is -0.506. The van der Waals surface area contributed by atoms with Crippen molar-refractivity contribution in [3.05, 3.63) is 34.9 Å². The molecule has 0 bridgehead atoms. The summed E-state index contributed by atoms with van der Waals surface area (Å²) in [6, 6.07) is 6.66. The number of rotatable bonds is 2. The first-order valence-electron chi connectivity index (χ1n) is 5.79. The molecule has 94 valence electrons. The summed E-state index contributed by atoms with van der Waals surface area (Å²) in [6.45, 7) is 0. The molecule has 4 heteroatoms. The molecule has 1 aromatic rings. The maximum Gasteiger partial charge on any atom is 0.100 e. The third kappa shape index (κ3) is 2.79. The number of benzene rings is 1. The van der Waals surface area contributed by atoms with Crippen molar-refractivity contribution in [1.82, 2.24) is 0 Å². The van der Waals surface area contributed by atoms with E-state index in [1.165, 1.54) is 0 Å². The van der Waals surface area contributed by atoms with E-state index in [1.54, 1.807) is 24.3 Å². The van der Waals surface area contributed by atoms with Gasteiger partial charge in [0, 0.05) is 5.02 Å². The van der Waals surface area contributed by atoms with Gasteiger partial charge in [-0.25, -0.2) is 4.39 Å². The van der Waals surface area contributed by atoms with E-state index in [4.69, 9.17) is 11.6 Å². The zero-order valence-electron chi connectivity index (χ0n) is 9.40. The van der Waals surface area contributed by atoms with Crippen molar-refractivity contribution in [3.63, 3.8) is 0 Å². The minimum atomic E-state index is -1.48. The molecule has 0 aliphatic heterocycles. The highest BCUT2D eigenvalue weighted by atomic mass is 35.5. The van der Waals surface area contributed by atoms with Gasteiger partial charge in [-0.3, -0.25) is 0 Å². The van der Waals surface area contributed by atoms with Gasteiger partial charge in [0.15, 0.2) is 0 Å². The Morgan fingerprint density at radius 1 is 1.41 bits per heavy atom. The zero-order valence-corrected chi connectivity index (χ0v) is 10.2. The molecule has 0 radical (unpaired) electrons. The third-order valence-corrected chi connectivity index (χ3v) is 3.66. The Hall–Kier alpha value is -0.640. The summed E-state index contributed by atoms with van der Waals surface area (Å²) in [5.41, 5.74) is -0.961. The molecule has 1 saturated carbocycles. The van der Waals surface area contributed by atoms with E-state index >= 15 is 0 Å². The van der Waals surface area contributed by atoms with Crippen molar-refractivity contribution in [3.8, 4) is 0 Å². The molecule has 1 aliphatic rings. The molecule has 0 amide bonds. The Balaban J connectivity index is 2.16. The number of aliphatic hydroxyl groups is 1. The lowest BCUT2D eigenvalue weighted by Gasteiger charge is -2.48. The van der Waals surface area contributed by atoms with Crippen molar-refractivity contribution in [2.75, 3.05) is 0 Å². The lowest BCUT2D eigenvalue weighted by atomic mass is 9.78. The van der Waals surface area contributed by atoms with Crippen LogP contribution in [0, 0.1) is 0 Å². The van der Waals surface area contributed by atoms with Gasteiger partial charge in [0.2, 0.25) is 0 Å². The van der Waals surface area contributed by atoms with E-state index in [-0.39, 0.29) is 25.7 Å². The second kappa shape index (κ2) is 4.92. The van der Waals surface area contributed by atoms with Crippen LogP contribution in [0.2, 0.25) is 5.02 Å². The fourth-order valence-electron chi connectivity index (χ4n) is 2.33. The van der Waals surface area contributed by atoms with Crippen molar-refractivity contribution >= 4 is 11.6 Å². The van der Waals surface area contributed by atoms with Crippen molar-refractivity contribution in [2.45, 2.75) is 43.6 Å². The summed E-state index contributed by atoms with van der Waals surface area (Å²) in [4.78, 5) is 0. The average molecular weight is 258 g/mol. The number of hydrogen-bond donors (Lipinski definition) is 1. The first kappa shape index (κ1) is 12.8. The van der Waals surface area contributed by atoms with Crippen LogP contribution in [0.1, 0.15) is 37.4 Å². The van der Waals surface area contributed by atoms with Crippen molar-refractivity contribution in [2.24, 2.45) is 0 Å². The van der Waals surface area contributed by atoms with Crippen LogP contribution in [0.3, 0.4) is 0 Å². The molecule has 1 N–H and O–H groups in total. The normalized spacial score (nSPS) is 31.2. The Kier molecular flexibility index (Phi) is 3.71. The summed E-state index contributed by atoms with van der Waals surface area (Å²) in [6.07, 6.45) is -1.20. The molecular weight excluding hydrogens is 243 g/mol. The molecule has 0 spiro atoms. The molecular formula is C13H15ClFO2-. The summed E-state index contributed by atoms with van der Waals surface area (Å²) in [5.74, 6) is 0. The van der Waals surface area contributed by atoms with E-state index in [9.17, 15) is 14.6 Å². The van der Waals surface area contributed by atoms with E-state index in [2.05, 4.69) is 0 Å². The zero-order chi connectivity index (χ0) is 12.5. The minimum absolute atomic E-state index is 0.168. The first-order valence-corrected chi connectivity index (χ1v) is 6.17. The molecule has 1 aromatic carbocycles. The average Bonchev–Trinajstić information content (AvgIpc) is 2.32. The van der Waals surface area contributed by atoms with Gasteiger partial charge >= 0.3 is 0 Å². The SMILES string of the molecule is [O-]C1([C@@H](O)c2cccc(Cl)c2)CCC(F)CC1. The van der Waals surface area contributed by atoms with E-state index in [0.717, 1.165) is 0 Å². The van der Waals surface area contributed by atoms with Gasteiger partial charge < -0.3 is 10.2 Å². The molecule has 2 nitrogen and oxygen atoms in total. The number of hydrogen-bond acceptors (Lipinski definition) is 2. The van der Waals surface area contributed by atoms with Gasteiger partial charge in [-0.05, 0) is 30.5 Å². The lowest BCUT2D eigenvalue weighted by Crippen LogP contribution is -2.52. The number of aliphatic hydroxyl groups excluding tert-OH is 1. The molecule has 0 heterocycles. The van der Waals surface area contributed by atoms with Crippen LogP contribution in [0.25, 0.3) is 0 Å². The highest BCUT2D eigenvalue weighted by Gasteiger charge is 2.32. The number of alkyl halides is 1. The second-order valence-corrected chi connectivity index (χ2v) is 5.13. The predicted octanol–water partition coefficient (Wildman–Crippen LogP) is 2.38. The maximum atomic E-state index is 13.0. The molecule has 0 unspecified atom stereocenters. The highest BCUT2D eigenvalue weighted by Crippen LogP contribution is 2.37. The number of halogens is 2. The van der Waals surface area contributed by atoms with Gasteiger partial charge in [-0.15, -0.1) is 0 Å².